The van der Waals surface area contributed by atoms with Crippen LogP contribution in [0.15, 0.2) is 18.2 Å². The van der Waals surface area contributed by atoms with E-state index in [1.165, 1.54) is 12.1 Å². The van der Waals surface area contributed by atoms with Crippen molar-refractivity contribution in [2.24, 2.45) is 5.92 Å². The monoisotopic (exact) mass is 247 g/mol. The number of β-amino-alcohol motifs (C(OH)–C–C–N with tert-alkyl or cyclic N) is 1. The van der Waals surface area contributed by atoms with Crippen molar-refractivity contribution in [3.05, 3.63) is 24.0 Å². The average Bonchev–Trinajstić information content (AvgIpc) is 3.06. The van der Waals surface area contributed by atoms with Crippen LogP contribution in [0.4, 0.5) is 10.3 Å². The SMILES string of the molecule is OC1(C2CC2)CN(c2nc3ccc(F)cc3[nH]2)C1. The summed E-state index contributed by atoms with van der Waals surface area (Å²) in [5.74, 6) is 0.923. The first-order valence-corrected chi connectivity index (χ1v) is 6.27. The molecule has 2 heterocycles. The second kappa shape index (κ2) is 3.23. The molecule has 1 saturated carbocycles. The smallest absolute Gasteiger partial charge is 0.204 e. The molecule has 1 saturated heterocycles. The third-order valence-electron chi connectivity index (χ3n) is 4.00. The summed E-state index contributed by atoms with van der Waals surface area (Å²) >= 11 is 0. The number of hydrogen-bond donors (Lipinski definition) is 2. The standard InChI is InChI=1S/C13H14FN3O/c14-9-3-4-10-11(5-9)16-12(15-10)17-6-13(18,7-17)8-1-2-8/h3-5,8,18H,1-2,6-7H2,(H,15,16). The summed E-state index contributed by atoms with van der Waals surface area (Å²) in [5, 5.41) is 10.3. The fourth-order valence-electron chi connectivity index (χ4n) is 2.76. The number of nitrogens with zero attached hydrogens (tertiary/aromatic N) is 2. The van der Waals surface area contributed by atoms with Crippen LogP contribution in [-0.4, -0.2) is 33.8 Å². The molecule has 0 atom stereocenters. The van der Waals surface area contributed by atoms with Gasteiger partial charge in [0, 0.05) is 0 Å². The van der Waals surface area contributed by atoms with Crippen LogP contribution in [0.3, 0.4) is 0 Å². The fourth-order valence-corrected chi connectivity index (χ4v) is 2.76. The highest BCUT2D eigenvalue weighted by Crippen LogP contribution is 2.45. The van der Waals surface area contributed by atoms with Gasteiger partial charge in [0.25, 0.3) is 0 Å². The highest BCUT2D eigenvalue weighted by molar-refractivity contribution is 5.77. The van der Waals surface area contributed by atoms with Gasteiger partial charge in [0.2, 0.25) is 5.95 Å². The molecule has 2 aromatic rings. The molecule has 5 heteroatoms. The van der Waals surface area contributed by atoms with E-state index < -0.39 is 5.60 Å². The summed E-state index contributed by atoms with van der Waals surface area (Å²) in [6, 6.07) is 4.51. The summed E-state index contributed by atoms with van der Waals surface area (Å²) in [6.07, 6.45) is 2.27. The van der Waals surface area contributed by atoms with Crippen molar-refractivity contribution in [2.75, 3.05) is 18.0 Å². The third kappa shape index (κ3) is 1.43. The van der Waals surface area contributed by atoms with E-state index in [0.717, 1.165) is 24.3 Å². The van der Waals surface area contributed by atoms with Crippen molar-refractivity contribution in [1.29, 1.82) is 0 Å². The van der Waals surface area contributed by atoms with Crippen molar-refractivity contribution >= 4 is 17.0 Å². The number of anilines is 1. The minimum absolute atomic E-state index is 0.268. The largest absolute Gasteiger partial charge is 0.386 e. The number of hydrogen-bond acceptors (Lipinski definition) is 3. The van der Waals surface area contributed by atoms with Gasteiger partial charge >= 0.3 is 0 Å². The molecule has 2 N–H and O–H groups in total. The topological polar surface area (TPSA) is 52.1 Å². The Morgan fingerprint density at radius 2 is 2.17 bits per heavy atom. The summed E-state index contributed by atoms with van der Waals surface area (Å²) < 4.78 is 13.1. The Morgan fingerprint density at radius 1 is 1.39 bits per heavy atom. The van der Waals surface area contributed by atoms with Crippen LogP contribution < -0.4 is 4.90 Å². The lowest BCUT2D eigenvalue weighted by Gasteiger charge is -2.46. The molecule has 1 aliphatic heterocycles. The molecule has 4 nitrogen and oxygen atoms in total. The molecule has 2 fully saturated rings. The number of halogens is 1. The van der Waals surface area contributed by atoms with Gasteiger partial charge in [0.05, 0.1) is 24.1 Å². The van der Waals surface area contributed by atoms with E-state index in [0.29, 0.717) is 24.5 Å². The van der Waals surface area contributed by atoms with Gasteiger partial charge in [-0.15, -0.1) is 0 Å². The molecule has 94 valence electrons. The lowest BCUT2D eigenvalue weighted by molar-refractivity contribution is -0.0101. The lowest BCUT2D eigenvalue weighted by Crippen LogP contribution is -2.63. The van der Waals surface area contributed by atoms with Gasteiger partial charge in [0.15, 0.2) is 0 Å². The molecule has 0 bridgehead atoms. The molecule has 1 aliphatic carbocycles. The van der Waals surface area contributed by atoms with Gasteiger partial charge in [-0.2, -0.15) is 0 Å². The summed E-state index contributed by atoms with van der Waals surface area (Å²) in [6.45, 7) is 1.25. The number of rotatable bonds is 2. The maximum absolute atomic E-state index is 13.1. The van der Waals surface area contributed by atoms with Crippen LogP contribution in [0.1, 0.15) is 12.8 Å². The van der Waals surface area contributed by atoms with Crippen LogP contribution in [0.5, 0.6) is 0 Å². The molecule has 0 unspecified atom stereocenters. The van der Waals surface area contributed by atoms with E-state index in [-0.39, 0.29) is 5.82 Å². The first-order valence-electron chi connectivity index (χ1n) is 6.27. The van der Waals surface area contributed by atoms with E-state index in [1.54, 1.807) is 6.07 Å². The average molecular weight is 247 g/mol. The number of nitrogens with one attached hydrogen (secondary N) is 1. The molecule has 18 heavy (non-hydrogen) atoms. The zero-order valence-electron chi connectivity index (χ0n) is 9.86. The number of H-pyrrole nitrogens is 1. The molecule has 1 aromatic heterocycles. The molecule has 0 radical (unpaired) electrons. The van der Waals surface area contributed by atoms with E-state index in [1.807, 2.05) is 4.90 Å². The van der Waals surface area contributed by atoms with Crippen molar-refractivity contribution in [1.82, 2.24) is 9.97 Å². The predicted octanol–water partition coefficient (Wildman–Crippen LogP) is 1.66. The number of aromatic nitrogens is 2. The Kier molecular flexibility index (Phi) is 1.85. The second-order valence-electron chi connectivity index (χ2n) is 5.46. The van der Waals surface area contributed by atoms with Crippen LogP contribution >= 0.6 is 0 Å². The van der Waals surface area contributed by atoms with Gasteiger partial charge in [-0.05, 0) is 37.0 Å². The Morgan fingerprint density at radius 3 is 2.89 bits per heavy atom. The van der Waals surface area contributed by atoms with Gasteiger partial charge in [-0.25, -0.2) is 9.37 Å². The van der Waals surface area contributed by atoms with Crippen molar-refractivity contribution in [3.8, 4) is 0 Å². The second-order valence-corrected chi connectivity index (χ2v) is 5.46. The lowest BCUT2D eigenvalue weighted by atomic mass is 9.89. The minimum Gasteiger partial charge on any atom is -0.386 e. The van der Waals surface area contributed by atoms with Gasteiger partial charge in [-0.1, -0.05) is 0 Å². The molecule has 1 aromatic carbocycles. The molecular weight excluding hydrogens is 233 g/mol. The fraction of sp³-hybridized carbons (Fsp3) is 0.462. The molecular formula is C13H14FN3O. The molecule has 0 amide bonds. The predicted molar refractivity (Wildman–Crippen MR) is 65.9 cm³/mol. The molecule has 0 spiro atoms. The van der Waals surface area contributed by atoms with Gasteiger partial charge < -0.3 is 15.0 Å². The number of benzene rings is 1. The highest BCUT2D eigenvalue weighted by atomic mass is 19.1. The van der Waals surface area contributed by atoms with Gasteiger partial charge in [0.1, 0.15) is 11.4 Å². The van der Waals surface area contributed by atoms with Crippen molar-refractivity contribution in [3.63, 3.8) is 0 Å². The quantitative estimate of drug-likeness (QED) is 0.848. The highest BCUT2D eigenvalue weighted by Gasteiger charge is 2.52. The number of aliphatic hydroxyl groups is 1. The van der Waals surface area contributed by atoms with E-state index >= 15 is 0 Å². The van der Waals surface area contributed by atoms with E-state index in [4.69, 9.17) is 0 Å². The first kappa shape index (κ1) is 10.3. The van der Waals surface area contributed by atoms with Gasteiger partial charge in [-0.3, -0.25) is 0 Å². The summed E-state index contributed by atoms with van der Waals surface area (Å²) in [5.41, 5.74) is 0.935. The Balaban J connectivity index is 1.60. The Bertz CT molecular complexity index is 614. The molecule has 4 rings (SSSR count). The van der Waals surface area contributed by atoms with Crippen LogP contribution in [0, 0.1) is 11.7 Å². The maximum atomic E-state index is 13.1. The van der Waals surface area contributed by atoms with Crippen LogP contribution in [0.2, 0.25) is 0 Å². The number of aromatic amines is 1. The normalized spacial score (nSPS) is 22.2. The summed E-state index contributed by atoms with van der Waals surface area (Å²) in [7, 11) is 0. The Labute approximate surface area is 103 Å². The van der Waals surface area contributed by atoms with Crippen LogP contribution in [0.25, 0.3) is 11.0 Å². The van der Waals surface area contributed by atoms with Crippen molar-refractivity contribution < 1.29 is 9.50 Å². The maximum Gasteiger partial charge on any atom is 0.204 e. The number of fused-ring (bicyclic) bond motifs is 1. The number of imidazole rings is 1. The zero-order valence-corrected chi connectivity index (χ0v) is 9.86. The van der Waals surface area contributed by atoms with Crippen molar-refractivity contribution in [2.45, 2.75) is 18.4 Å². The zero-order chi connectivity index (χ0) is 12.3. The Hall–Kier alpha value is -1.62. The van der Waals surface area contributed by atoms with Crippen LogP contribution in [-0.2, 0) is 0 Å². The third-order valence-corrected chi connectivity index (χ3v) is 4.00. The van der Waals surface area contributed by atoms with E-state index in [9.17, 15) is 9.50 Å². The van der Waals surface area contributed by atoms with E-state index in [2.05, 4.69) is 9.97 Å². The summed E-state index contributed by atoms with van der Waals surface area (Å²) in [4.78, 5) is 9.52. The minimum atomic E-state index is -0.524. The first-order chi connectivity index (χ1) is 8.64. The molecule has 2 aliphatic rings.